The summed E-state index contributed by atoms with van der Waals surface area (Å²) in [6, 6.07) is 0.416. The van der Waals surface area contributed by atoms with Gasteiger partial charge < -0.3 is 15.8 Å². The van der Waals surface area contributed by atoms with Gasteiger partial charge in [0.1, 0.15) is 5.84 Å². The van der Waals surface area contributed by atoms with Crippen molar-refractivity contribution in [3.8, 4) is 0 Å². The molecule has 5 nitrogen and oxygen atoms in total. The third kappa shape index (κ3) is 2.46. The Hall–Kier alpha value is -1.26. The van der Waals surface area contributed by atoms with Gasteiger partial charge in [-0.2, -0.15) is 0 Å². The Balaban J connectivity index is 1.86. The SMILES string of the molecule is NC(CCN(C(=O)C1CCC1)C1CC1)=NO. The number of nitrogens with two attached hydrogens (primary N) is 1. The number of nitrogens with zero attached hydrogens (tertiary/aromatic N) is 2. The quantitative estimate of drug-likeness (QED) is 0.316. The minimum absolute atomic E-state index is 0.201. The molecule has 0 aromatic carbocycles. The molecular weight excluding hydrogens is 206 g/mol. The summed E-state index contributed by atoms with van der Waals surface area (Å²) in [7, 11) is 0. The van der Waals surface area contributed by atoms with Crippen molar-refractivity contribution < 1.29 is 10.0 Å². The van der Waals surface area contributed by atoms with Gasteiger partial charge in [-0.3, -0.25) is 4.79 Å². The van der Waals surface area contributed by atoms with Crippen molar-refractivity contribution in [1.29, 1.82) is 0 Å². The summed E-state index contributed by atoms with van der Waals surface area (Å²) in [6.45, 7) is 0.593. The van der Waals surface area contributed by atoms with Gasteiger partial charge in [0.15, 0.2) is 0 Å². The highest BCUT2D eigenvalue weighted by atomic mass is 16.4. The normalized spacial score (nSPS) is 21.6. The van der Waals surface area contributed by atoms with E-state index in [1.54, 1.807) is 0 Å². The van der Waals surface area contributed by atoms with Crippen LogP contribution in [0.4, 0.5) is 0 Å². The first-order valence-corrected chi connectivity index (χ1v) is 5.99. The second-order valence-electron chi connectivity index (χ2n) is 4.73. The first-order chi connectivity index (χ1) is 7.72. The molecule has 0 radical (unpaired) electrons. The number of amides is 1. The Morgan fingerprint density at radius 1 is 1.38 bits per heavy atom. The maximum absolute atomic E-state index is 12.1. The van der Waals surface area contributed by atoms with Crippen LogP contribution in [0.1, 0.15) is 38.5 Å². The zero-order valence-corrected chi connectivity index (χ0v) is 9.43. The predicted molar refractivity (Wildman–Crippen MR) is 60.1 cm³/mol. The van der Waals surface area contributed by atoms with E-state index in [9.17, 15) is 4.79 Å². The standard InChI is InChI=1S/C11H19N3O2/c12-10(13-16)6-7-14(9-4-5-9)11(15)8-2-1-3-8/h8-9,16H,1-7H2,(H2,12,13). The van der Waals surface area contributed by atoms with Crippen LogP contribution in [0.3, 0.4) is 0 Å². The van der Waals surface area contributed by atoms with Gasteiger partial charge in [0.25, 0.3) is 0 Å². The minimum atomic E-state index is 0.201. The Morgan fingerprint density at radius 2 is 2.06 bits per heavy atom. The van der Waals surface area contributed by atoms with Gasteiger partial charge in [-0.1, -0.05) is 11.6 Å². The number of carbonyl (C=O) groups excluding carboxylic acids is 1. The van der Waals surface area contributed by atoms with E-state index in [1.807, 2.05) is 4.90 Å². The van der Waals surface area contributed by atoms with Gasteiger partial charge >= 0.3 is 0 Å². The van der Waals surface area contributed by atoms with Gasteiger partial charge in [0, 0.05) is 24.9 Å². The van der Waals surface area contributed by atoms with Crippen molar-refractivity contribution in [3.05, 3.63) is 0 Å². The maximum Gasteiger partial charge on any atom is 0.225 e. The second kappa shape index (κ2) is 4.72. The van der Waals surface area contributed by atoms with Gasteiger partial charge in [0.05, 0.1) is 0 Å². The van der Waals surface area contributed by atoms with Crippen molar-refractivity contribution in [3.63, 3.8) is 0 Å². The summed E-state index contributed by atoms with van der Waals surface area (Å²) in [5.41, 5.74) is 5.43. The number of hydrogen-bond donors (Lipinski definition) is 2. The van der Waals surface area contributed by atoms with Gasteiger partial charge in [-0.15, -0.1) is 0 Å². The molecule has 0 aliphatic heterocycles. The molecule has 0 atom stereocenters. The molecule has 90 valence electrons. The minimum Gasteiger partial charge on any atom is -0.409 e. The van der Waals surface area contributed by atoms with Crippen LogP contribution in [0.15, 0.2) is 5.16 Å². The second-order valence-corrected chi connectivity index (χ2v) is 4.73. The van der Waals surface area contributed by atoms with Crippen LogP contribution in [0.2, 0.25) is 0 Å². The van der Waals surface area contributed by atoms with Crippen molar-refractivity contribution >= 4 is 11.7 Å². The average Bonchev–Trinajstić information content (AvgIpc) is 2.99. The van der Waals surface area contributed by atoms with E-state index >= 15 is 0 Å². The number of oxime groups is 1. The van der Waals surface area contributed by atoms with Crippen molar-refractivity contribution in [2.24, 2.45) is 16.8 Å². The van der Waals surface area contributed by atoms with Crippen LogP contribution in [-0.4, -0.2) is 34.4 Å². The van der Waals surface area contributed by atoms with Crippen LogP contribution in [0.5, 0.6) is 0 Å². The lowest BCUT2D eigenvalue weighted by atomic mass is 9.84. The van der Waals surface area contributed by atoms with Crippen molar-refractivity contribution in [1.82, 2.24) is 4.90 Å². The van der Waals surface area contributed by atoms with E-state index in [-0.39, 0.29) is 17.7 Å². The highest BCUT2D eigenvalue weighted by molar-refractivity contribution is 5.82. The topological polar surface area (TPSA) is 78.9 Å². The number of hydrogen-bond acceptors (Lipinski definition) is 3. The molecule has 0 bridgehead atoms. The van der Waals surface area contributed by atoms with E-state index < -0.39 is 0 Å². The van der Waals surface area contributed by atoms with Gasteiger partial charge in [0.2, 0.25) is 5.91 Å². The molecule has 2 aliphatic rings. The summed E-state index contributed by atoms with van der Waals surface area (Å²) in [4.78, 5) is 14.0. The third-order valence-corrected chi connectivity index (χ3v) is 3.46. The van der Waals surface area contributed by atoms with Gasteiger partial charge in [-0.25, -0.2) is 0 Å². The van der Waals surface area contributed by atoms with Crippen LogP contribution in [0.25, 0.3) is 0 Å². The Labute approximate surface area is 95.3 Å². The number of amidine groups is 1. The first kappa shape index (κ1) is 11.2. The summed E-state index contributed by atoms with van der Waals surface area (Å²) in [5, 5.41) is 11.4. The van der Waals surface area contributed by atoms with E-state index in [0.717, 1.165) is 25.7 Å². The monoisotopic (exact) mass is 225 g/mol. The molecule has 1 amide bonds. The van der Waals surface area contributed by atoms with E-state index in [0.29, 0.717) is 19.0 Å². The number of rotatable bonds is 5. The molecule has 0 aromatic rings. The van der Waals surface area contributed by atoms with E-state index in [1.165, 1.54) is 6.42 Å². The zero-order chi connectivity index (χ0) is 11.5. The molecule has 0 unspecified atom stereocenters. The molecule has 3 N–H and O–H groups in total. The largest absolute Gasteiger partial charge is 0.409 e. The zero-order valence-electron chi connectivity index (χ0n) is 9.43. The van der Waals surface area contributed by atoms with Crippen LogP contribution in [0, 0.1) is 5.92 Å². The Kier molecular flexibility index (Phi) is 3.31. The Bertz CT molecular complexity index is 296. The predicted octanol–water partition coefficient (Wildman–Crippen LogP) is 0.914. The summed E-state index contributed by atoms with van der Waals surface area (Å²) in [5.74, 6) is 0.722. The molecule has 0 aromatic heterocycles. The fraction of sp³-hybridized carbons (Fsp3) is 0.818. The van der Waals surface area contributed by atoms with Crippen LogP contribution in [-0.2, 0) is 4.79 Å². The number of carbonyl (C=O) groups is 1. The highest BCUT2D eigenvalue weighted by Crippen LogP contribution is 2.33. The first-order valence-electron chi connectivity index (χ1n) is 5.99. The maximum atomic E-state index is 12.1. The van der Waals surface area contributed by atoms with E-state index in [2.05, 4.69) is 5.16 Å². The molecule has 16 heavy (non-hydrogen) atoms. The molecule has 5 heteroatoms. The van der Waals surface area contributed by atoms with Crippen molar-refractivity contribution in [2.75, 3.05) is 6.54 Å². The molecule has 2 saturated carbocycles. The molecule has 2 fully saturated rings. The summed E-state index contributed by atoms with van der Waals surface area (Å²) in [6.07, 6.45) is 5.92. The molecule has 2 aliphatic carbocycles. The van der Waals surface area contributed by atoms with Crippen LogP contribution >= 0.6 is 0 Å². The van der Waals surface area contributed by atoms with E-state index in [4.69, 9.17) is 10.9 Å². The smallest absolute Gasteiger partial charge is 0.225 e. The lowest BCUT2D eigenvalue weighted by Gasteiger charge is -2.31. The molecule has 0 spiro atoms. The summed E-state index contributed by atoms with van der Waals surface area (Å²) < 4.78 is 0. The molecule has 0 saturated heterocycles. The Morgan fingerprint density at radius 3 is 2.50 bits per heavy atom. The fourth-order valence-electron chi connectivity index (χ4n) is 2.03. The lowest BCUT2D eigenvalue weighted by molar-refractivity contribution is -0.138. The average molecular weight is 225 g/mol. The lowest BCUT2D eigenvalue weighted by Crippen LogP contribution is -2.41. The summed E-state index contributed by atoms with van der Waals surface area (Å²) >= 11 is 0. The fourth-order valence-corrected chi connectivity index (χ4v) is 2.03. The van der Waals surface area contributed by atoms with Crippen LogP contribution < -0.4 is 5.73 Å². The van der Waals surface area contributed by atoms with Gasteiger partial charge in [-0.05, 0) is 25.7 Å². The molecule has 2 rings (SSSR count). The highest BCUT2D eigenvalue weighted by Gasteiger charge is 2.37. The third-order valence-electron chi connectivity index (χ3n) is 3.46. The molecule has 0 heterocycles. The molecular formula is C11H19N3O2. The van der Waals surface area contributed by atoms with Crippen molar-refractivity contribution in [2.45, 2.75) is 44.6 Å².